The molecule has 0 aromatic heterocycles. The molecule has 0 rings (SSSR count). The molecule has 0 unspecified atom stereocenters. The Balaban J connectivity index is 3.11. The van der Waals surface area contributed by atoms with Crippen molar-refractivity contribution < 1.29 is 0 Å². The van der Waals surface area contributed by atoms with Crippen LogP contribution in [0.25, 0.3) is 0 Å². The highest BCUT2D eigenvalue weighted by Gasteiger charge is 1.91. The van der Waals surface area contributed by atoms with Crippen LogP contribution in [0.2, 0.25) is 0 Å². The number of allylic oxidation sites excluding steroid dienone is 2. The van der Waals surface area contributed by atoms with Crippen LogP contribution < -0.4 is 0 Å². The van der Waals surface area contributed by atoms with Gasteiger partial charge in [-0.25, -0.2) is 0 Å². The molecule has 0 aliphatic rings. The van der Waals surface area contributed by atoms with E-state index in [1.165, 1.54) is 50.5 Å². The second-order valence-corrected chi connectivity index (χ2v) is 4.03. The largest absolute Gasteiger partial charge is 0.122 e. The lowest BCUT2D eigenvalue weighted by Crippen LogP contribution is -1.82. The van der Waals surface area contributed by atoms with E-state index < -0.39 is 0 Å². The highest BCUT2D eigenvalue weighted by Crippen LogP contribution is 2.11. The Kier molecular flexibility index (Phi) is 10.1. The van der Waals surface area contributed by atoms with Crippen LogP contribution in [0, 0.1) is 0 Å². The van der Waals surface area contributed by atoms with Gasteiger partial charge in [-0.1, -0.05) is 50.7 Å². The Bertz CT molecular complexity index is 127. The molecule has 0 aliphatic heterocycles. The van der Waals surface area contributed by atoms with Gasteiger partial charge in [0.1, 0.15) is 0 Å². The molecule has 0 spiro atoms. The first kappa shape index (κ1) is 13.0. The molecule has 0 heterocycles. The van der Waals surface area contributed by atoms with Gasteiger partial charge in [-0.15, -0.1) is 11.6 Å². The third-order valence-corrected chi connectivity index (χ3v) is 2.50. The fourth-order valence-corrected chi connectivity index (χ4v) is 1.68. The molecule has 0 fully saturated rings. The molecule has 0 aromatic rings. The lowest BCUT2D eigenvalue weighted by Gasteiger charge is -2.01. The van der Waals surface area contributed by atoms with E-state index in [-0.39, 0.29) is 0 Å². The summed E-state index contributed by atoms with van der Waals surface area (Å²) in [6.07, 6.45) is 11.6. The summed E-state index contributed by atoms with van der Waals surface area (Å²) in [5, 5.41) is 0. The summed E-state index contributed by atoms with van der Waals surface area (Å²) in [5.74, 6) is 0.668. The quantitative estimate of drug-likeness (QED) is 0.298. The fourth-order valence-electron chi connectivity index (χ4n) is 1.42. The van der Waals surface area contributed by atoms with E-state index in [4.69, 9.17) is 11.6 Å². The van der Waals surface area contributed by atoms with Gasteiger partial charge < -0.3 is 0 Å². The van der Waals surface area contributed by atoms with E-state index in [0.717, 1.165) is 0 Å². The third-order valence-electron chi connectivity index (χ3n) is 2.35. The van der Waals surface area contributed by atoms with Crippen molar-refractivity contribution in [2.75, 3.05) is 5.88 Å². The Morgan fingerprint density at radius 3 is 2.31 bits per heavy atom. The van der Waals surface area contributed by atoms with Crippen molar-refractivity contribution in [3.05, 3.63) is 11.6 Å². The van der Waals surface area contributed by atoms with E-state index in [9.17, 15) is 0 Å². The minimum atomic E-state index is 0.668. The molecule has 0 aromatic carbocycles. The van der Waals surface area contributed by atoms with Crippen LogP contribution in [0.3, 0.4) is 0 Å². The SMILES string of the molecule is CCCCCCCCC(C)=CCCl. The molecular formula is C12H23Cl. The van der Waals surface area contributed by atoms with Gasteiger partial charge in [0.2, 0.25) is 0 Å². The summed E-state index contributed by atoms with van der Waals surface area (Å²) in [7, 11) is 0. The minimum Gasteiger partial charge on any atom is -0.122 e. The van der Waals surface area contributed by atoms with Gasteiger partial charge in [-0.2, -0.15) is 0 Å². The zero-order valence-electron chi connectivity index (χ0n) is 9.11. The highest BCUT2D eigenvalue weighted by molar-refractivity contribution is 6.18. The van der Waals surface area contributed by atoms with E-state index in [0.29, 0.717) is 5.88 Å². The van der Waals surface area contributed by atoms with Crippen molar-refractivity contribution in [2.45, 2.75) is 58.8 Å². The normalized spacial score (nSPS) is 12.1. The molecule has 0 amide bonds. The van der Waals surface area contributed by atoms with Crippen LogP contribution >= 0.6 is 11.6 Å². The molecule has 0 atom stereocenters. The smallest absolute Gasteiger partial charge is 0.0406 e. The second-order valence-electron chi connectivity index (χ2n) is 3.72. The lowest BCUT2D eigenvalue weighted by atomic mass is 10.1. The summed E-state index contributed by atoms with van der Waals surface area (Å²) in [6, 6.07) is 0. The Labute approximate surface area is 88.4 Å². The topological polar surface area (TPSA) is 0 Å². The third kappa shape index (κ3) is 9.95. The number of hydrogen-bond donors (Lipinski definition) is 0. The predicted molar refractivity (Wildman–Crippen MR) is 62.5 cm³/mol. The van der Waals surface area contributed by atoms with Crippen LogP contribution in [0.1, 0.15) is 58.8 Å². The number of halogens is 1. The molecule has 0 saturated heterocycles. The molecule has 0 radical (unpaired) electrons. The molecule has 13 heavy (non-hydrogen) atoms. The molecule has 78 valence electrons. The highest BCUT2D eigenvalue weighted by atomic mass is 35.5. The van der Waals surface area contributed by atoms with Gasteiger partial charge in [-0.3, -0.25) is 0 Å². The first-order valence-electron chi connectivity index (χ1n) is 5.52. The van der Waals surface area contributed by atoms with Crippen LogP contribution in [0.4, 0.5) is 0 Å². The van der Waals surface area contributed by atoms with Crippen molar-refractivity contribution in [2.24, 2.45) is 0 Å². The Morgan fingerprint density at radius 2 is 1.69 bits per heavy atom. The van der Waals surface area contributed by atoms with Gasteiger partial charge >= 0.3 is 0 Å². The van der Waals surface area contributed by atoms with Gasteiger partial charge in [-0.05, 0) is 19.8 Å². The number of rotatable bonds is 8. The Morgan fingerprint density at radius 1 is 1.08 bits per heavy atom. The zero-order valence-corrected chi connectivity index (χ0v) is 9.87. The van der Waals surface area contributed by atoms with Crippen molar-refractivity contribution in [1.82, 2.24) is 0 Å². The molecule has 0 bridgehead atoms. The summed E-state index contributed by atoms with van der Waals surface area (Å²) in [4.78, 5) is 0. The van der Waals surface area contributed by atoms with Crippen molar-refractivity contribution in [1.29, 1.82) is 0 Å². The monoisotopic (exact) mass is 202 g/mol. The van der Waals surface area contributed by atoms with Crippen LogP contribution in [-0.4, -0.2) is 5.88 Å². The van der Waals surface area contributed by atoms with E-state index in [2.05, 4.69) is 19.9 Å². The Hall–Kier alpha value is 0.0300. The average Bonchev–Trinajstić information content (AvgIpc) is 2.11. The number of unbranched alkanes of at least 4 members (excludes halogenated alkanes) is 5. The summed E-state index contributed by atoms with van der Waals surface area (Å²) in [6.45, 7) is 4.43. The van der Waals surface area contributed by atoms with Crippen LogP contribution in [0.5, 0.6) is 0 Å². The molecule has 0 N–H and O–H groups in total. The minimum absolute atomic E-state index is 0.668. The maximum Gasteiger partial charge on any atom is 0.0406 e. The first-order chi connectivity index (χ1) is 6.31. The average molecular weight is 203 g/mol. The van der Waals surface area contributed by atoms with Gasteiger partial charge in [0.15, 0.2) is 0 Å². The maximum absolute atomic E-state index is 5.60. The summed E-state index contributed by atoms with van der Waals surface area (Å²) >= 11 is 5.60. The number of hydrogen-bond acceptors (Lipinski definition) is 0. The zero-order chi connectivity index (χ0) is 9.94. The van der Waals surface area contributed by atoms with Crippen LogP contribution in [-0.2, 0) is 0 Å². The molecule has 0 saturated carbocycles. The molecular weight excluding hydrogens is 180 g/mol. The first-order valence-corrected chi connectivity index (χ1v) is 6.06. The molecule has 0 aliphatic carbocycles. The van der Waals surface area contributed by atoms with Crippen LogP contribution in [0.15, 0.2) is 11.6 Å². The number of alkyl halides is 1. The van der Waals surface area contributed by atoms with E-state index >= 15 is 0 Å². The molecule has 1 heteroatoms. The van der Waals surface area contributed by atoms with Gasteiger partial charge in [0.25, 0.3) is 0 Å². The summed E-state index contributed by atoms with van der Waals surface area (Å²) < 4.78 is 0. The maximum atomic E-state index is 5.60. The van der Waals surface area contributed by atoms with Crippen molar-refractivity contribution in [3.63, 3.8) is 0 Å². The van der Waals surface area contributed by atoms with E-state index in [1.807, 2.05) is 0 Å². The lowest BCUT2D eigenvalue weighted by molar-refractivity contribution is 0.606. The second kappa shape index (κ2) is 10.1. The van der Waals surface area contributed by atoms with Gasteiger partial charge in [0, 0.05) is 5.88 Å². The molecule has 0 nitrogen and oxygen atoms in total. The summed E-state index contributed by atoms with van der Waals surface area (Å²) in [5.41, 5.74) is 1.45. The standard InChI is InChI=1S/C12H23Cl/c1-3-4-5-6-7-8-9-12(2)10-11-13/h10H,3-9,11H2,1-2H3. The van der Waals surface area contributed by atoms with E-state index in [1.54, 1.807) is 0 Å². The predicted octanol–water partition coefficient (Wildman–Crippen LogP) is 4.92. The van der Waals surface area contributed by atoms with Gasteiger partial charge in [0.05, 0.1) is 0 Å². The van der Waals surface area contributed by atoms with Crippen molar-refractivity contribution >= 4 is 11.6 Å². The fraction of sp³-hybridized carbons (Fsp3) is 0.833. The van der Waals surface area contributed by atoms with Crippen molar-refractivity contribution in [3.8, 4) is 0 Å².